The van der Waals surface area contributed by atoms with E-state index in [-0.39, 0.29) is 6.17 Å². The molecule has 1 aromatic rings. The van der Waals surface area contributed by atoms with Crippen LogP contribution in [0.25, 0.3) is 0 Å². The van der Waals surface area contributed by atoms with Crippen molar-refractivity contribution in [3.05, 3.63) is 35.9 Å². The van der Waals surface area contributed by atoms with Gasteiger partial charge in [0.2, 0.25) is 0 Å². The van der Waals surface area contributed by atoms with Crippen molar-refractivity contribution in [1.82, 2.24) is 4.90 Å². The molecule has 0 spiro atoms. The molecule has 2 unspecified atom stereocenters. The molecule has 0 radical (unpaired) electrons. The highest BCUT2D eigenvalue weighted by Crippen LogP contribution is 2.18. The minimum Gasteiger partial charge on any atom is -0.316 e. The van der Waals surface area contributed by atoms with E-state index in [4.69, 9.17) is 5.73 Å². The summed E-state index contributed by atoms with van der Waals surface area (Å²) in [5.74, 6) is 0.801. The molecule has 88 valence electrons. The second kappa shape index (κ2) is 5.46. The summed E-state index contributed by atoms with van der Waals surface area (Å²) < 4.78 is 0. The molecule has 1 aliphatic rings. The highest BCUT2D eigenvalue weighted by Gasteiger charge is 2.22. The number of nitrogens with two attached hydrogens (primary N) is 1. The van der Waals surface area contributed by atoms with Crippen LogP contribution < -0.4 is 5.73 Å². The Morgan fingerprint density at radius 1 is 1.25 bits per heavy atom. The minimum atomic E-state index is 0.278. The van der Waals surface area contributed by atoms with Gasteiger partial charge in [0, 0.05) is 13.1 Å². The van der Waals surface area contributed by atoms with Crippen LogP contribution in [-0.4, -0.2) is 24.2 Å². The quantitative estimate of drug-likeness (QED) is 0.843. The molecule has 1 heterocycles. The van der Waals surface area contributed by atoms with Crippen LogP contribution in [0.4, 0.5) is 0 Å². The molecule has 2 nitrogen and oxygen atoms in total. The van der Waals surface area contributed by atoms with Crippen molar-refractivity contribution in [2.45, 2.75) is 32.4 Å². The van der Waals surface area contributed by atoms with E-state index in [9.17, 15) is 0 Å². The fourth-order valence-electron chi connectivity index (χ4n) is 2.44. The Hall–Kier alpha value is -0.860. The average Bonchev–Trinajstić information content (AvgIpc) is 2.32. The van der Waals surface area contributed by atoms with E-state index in [1.54, 1.807) is 0 Å². The monoisotopic (exact) mass is 218 g/mol. The molecule has 16 heavy (non-hydrogen) atoms. The summed E-state index contributed by atoms with van der Waals surface area (Å²) in [7, 11) is 0. The molecular formula is C14H22N2. The van der Waals surface area contributed by atoms with Crippen LogP contribution in [0, 0.1) is 5.92 Å². The lowest BCUT2D eigenvalue weighted by Crippen LogP contribution is -2.48. The number of hydrogen-bond acceptors (Lipinski definition) is 2. The van der Waals surface area contributed by atoms with Crippen LogP contribution in [-0.2, 0) is 6.42 Å². The second-order valence-electron chi connectivity index (χ2n) is 4.98. The van der Waals surface area contributed by atoms with Gasteiger partial charge in [-0.3, -0.25) is 4.90 Å². The average molecular weight is 218 g/mol. The summed E-state index contributed by atoms with van der Waals surface area (Å²) in [6.07, 6.45) is 3.82. The summed E-state index contributed by atoms with van der Waals surface area (Å²) in [5, 5.41) is 0. The summed E-state index contributed by atoms with van der Waals surface area (Å²) >= 11 is 0. The summed E-state index contributed by atoms with van der Waals surface area (Å²) in [6, 6.07) is 10.7. The fraction of sp³-hybridized carbons (Fsp3) is 0.571. The van der Waals surface area contributed by atoms with Gasteiger partial charge in [-0.05, 0) is 30.7 Å². The zero-order valence-electron chi connectivity index (χ0n) is 10.1. The summed E-state index contributed by atoms with van der Waals surface area (Å²) in [6.45, 7) is 4.57. The molecule has 1 aromatic carbocycles. The third kappa shape index (κ3) is 3.06. The van der Waals surface area contributed by atoms with E-state index in [1.165, 1.54) is 12.0 Å². The highest BCUT2D eigenvalue weighted by atomic mass is 15.2. The lowest BCUT2D eigenvalue weighted by Gasteiger charge is -2.36. The van der Waals surface area contributed by atoms with E-state index in [0.717, 1.165) is 31.8 Å². The van der Waals surface area contributed by atoms with Crippen molar-refractivity contribution in [3.63, 3.8) is 0 Å². The van der Waals surface area contributed by atoms with Gasteiger partial charge in [0.05, 0.1) is 6.17 Å². The number of piperidine rings is 1. The summed E-state index contributed by atoms with van der Waals surface area (Å²) in [4.78, 5) is 2.43. The SMILES string of the molecule is CC1CCC(N)N(CCc2ccccc2)C1. The Morgan fingerprint density at radius 3 is 2.75 bits per heavy atom. The predicted octanol–water partition coefficient (Wildman–Crippen LogP) is 2.25. The Bertz CT molecular complexity index is 310. The molecule has 2 N–H and O–H groups in total. The van der Waals surface area contributed by atoms with Crippen molar-refractivity contribution in [2.75, 3.05) is 13.1 Å². The van der Waals surface area contributed by atoms with E-state index in [0.29, 0.717) is 0 Å². The molecule has 1 saturated heterocycles. The number of hydrogen-bond donors (Lipinski definition) is 1. The molecule has 0 aliphatic carbocycles. The number of likely N-dealkylation sites (tertiary alicyclic amines) is 1. The topological polar surface area (TPSA) is 29.3 Å². The van der Waals surface area contributed by atoms with Crippen molar-refractivity contribution in [3.8, 4) is 0 Å². The first-order valence-corrected chi connectivity index (χ1v) is 6.29. The van der Waals surface area contributed by atoms with Crippen molar-refractivity contribution in [2.24, 2.45) is 11.7 Å². The zero-order valence-corrected chi connectivity index (χ0v) is 10.1. The number of benzene rings is 1. The van der Waals surface area contributed by atoms with Gasteiger partial charge in [-0.1, -0.05) is 37.3 Å². The van der Waals surface area contributed by atoms with Gasteiger partial charge in [0.1, 0.15) is 0 Å². The first-order valence-electron chi connectivity index (χ1n) is 6.29. The van der Waals surface area contributed by atoms with E-state index >= 15 is 0 Å². The van der Waals surface area contributed by atoms with Gasteiger partial charge in [0.25, 0.3) is 0 Å². The third-order valence-electron chi connectivity index (χ3n) is 3.50. The molecule has 0 aromatic heterocycles. The maximum atomic E-state index is 6.13. The molecule has 0 amide bonds. The number of nitrogens with zero attached hydrogens (tertiary/aromatic N) is 1. The van der Waals surface area contributed by atoms with Crippen LogP contribution in [0.2, 0.25) is 0 Å². The third-order valence-corrected chi connectivity index (χ3v) is 3.50. The molecule has 2 atom stereocenters. The van der Waals surface area contributed by atoms with E-state index in [1.807, 2.05) is 0 Å². The standard InChI is InChI=1S/C14H22N2/c1-12-7-8-14(15)16(11-12)10-9-13-5-3-2-4-6-13/h2-6,12,14H,7-11,15H2,1H3. The highest BCUT2D eigenvalue weighted by molar-refractivity contribution is 5.14. The molecular weight excluding hydrogens is 196 g/mol. The van der Waals surface area contributed by atoms with Crippen molar-refractivity contribution < 1.29 is 0 Å². The smallest absolute Gasteiger partial charge is 0.0572 e. The maximum absolute atomic E-state index is 6.13. The van der Waals surface area contributed by atoms with Crippen LogP contribution >= 0.6 is 0 Å². The van der Waals surface area contributed by atoms with Gasteiger partial charge in [-0.15, -0.1) is 0 Å². The normalized spacial score (nSPS) is 26.9. The zero-order chi connectivity index (χ0) is 11.4. The Balaban J connectivity index is 1.85. The van der Waals surface area contributed by atoms with Gasteiger partial charge >= 0.3 is 0 Å². The lowest BCUT2D eigenvalue weighted by atomic mass is 9.97. The van der Waals surface area contributed by atoms with Gasteiger partial charge in [0.15, 0.2) is 0 Å². The molecule has 2 heteroatoms. The van der Waals surface area contributed by atoms with Gasteiger partial charge in [-0.25, -0.2) is 0 Å². The Kier molecular flexibility index (Phi) is 3.97. The first kappa shape index (κ1) is 11.6. The Morgan fingerprint density at radius 2 is 2.00 bits per heavy atom. The molecule has 2 rings (SSSR count). The largest absolute Gasteiger partial charge is 0.316 e. The van der Waals surface area contributed by atoms with Gasteiger partial charge in [-0.2, -0.15) is 0 Å². The minimum absolute atomic E-state index is 0.278. The molecule has 1 fully saturated rings. The van der Waals surface area contributed by atoms with Crippen LogP contribution in [0.5, 0.6) is 0 Å². The van der Waals surface area contributed by atoms with Crippen LogP contribution in [0.15, 0.2) is 30.3 Å². The summed E-state index contributed by atoms with van der Waals surface area (Å²) in [5.41, 5.74) is 7.54. The molecule has 0 bridgehead atoms. The molecule has 0 saturated carbocycles. The fourth-order valence-corrected chi connectivity index (χ4v) is 2.44. The van der Waals surface area contributed by atoms with E-state index < -0.39 is 0 Å². The van der Waals surface area contributed by atoms with Crippen LogP contribution in [0.1, 0.15) is 25.3 Å². The predicted molar refractivity (Wildman–Crippen MR) is 68.1 cm³/mol. The van der Waals surface area contributed by atoms with Crippen molar-refractivity contribution >= 4 is 0 Å². The van der Waals surface area contributed by atoms with E-state index in [2.05, 4.69) is 42.2 Å². The Labute approximate surface area is 98.4 Å². The second-order valence-corrected chi connectivity index (χ2v) is 4.98. The number of rotatable bonds is 3. The molecule has 1 aliphatic heterocycles. The van der Waals surface area contributed by atoms with Crippen molar-refractivity contribution in [1.29, 1.82) is 0 Å². The van der Waals surface area contributed by atoms with Crippen LogP contribution in [0.3, 0.4) is 0 Å². The lowest BCUT2D eigenvalue weighted by molar-refractivity contribution is 0.119. The van der Waals surface area contributed by atoms with Gasteiger partial charge < -0.3 is 5.73 Å². The first-order chi connectivity index (χ1) is 7.75. The maximum Gasteiger partial charge on any atom is 0.0572 e.